The van der Waals surface area contributed by atoms with Crippen molar-refractivity contribution in [3.8, 4) is 11.8 Å². The molecule has 0 atom stereocenters. The molecule has 0 radical (unpaired) electrons. The summed E-state index contributed by atoms with van der Waals surface area (Å²) in [6, 6.07) is 11.0. The summed E-state index contributed by atoms with van der Waals surface area (Å²) in [6.45, 7) is 0. The molecular weight excluding hydrogens is 301 g/mol. The van der Waals surface area contributed by atoms with Crippen LogP contribution in [0.4, 0.5) is 0 Å². The van der Waals surface area contributed by atoms with E-state index in [1.807, 2.05) is 17.5 Å². The van der Waals surface area contributed by atoms with Crippen molar-refractivity contribution in [2.75, 3.05) is 7.11 Å². The number of methoxy groups -OCH3 is 1. The summed E-state index contributed by atoms with van der Waals surface area (Å²) in [4.78, 5) is 0.814. The van der Waals surface area contributed by atoms with Gasteiger partial charge < -0.3 is 4.74 Å². The lowest BCUT2D eigenvalue weighted by molar-refractivity contribution is 0.414. The zero-order valence-electron chi connectivity index (χ0n) is 9.98. The molecule has 1 heterocycles. The Hall–Kier alpha value is -1.47. The maximum Gasteiger partial charge on any atom is 0.127 e. The van der Waals surface area contributed by atoms with E-state index >= 15 is 0 Å². The standard InChI is InChI=1S/C14H9Cl2NOS/c1-18-12-5-4-9(15)7-10(12)14(16)11(8-17)13-3-2-6-19-13/h2-7H,1H3. The third kappa shape index (κ3) is 2.93. The molecular formula is C14H9Cl2NOS. The summed E-state index contributed by atoms with van der Waals surface area (Å²) in [5.41, 5.74) is 1.03. The van der Waals surface area contributed by atoms with Crippen molar-refractivity contribution in [2.24, 2.45) is 0 Å². The van der Waals surface area contributed by atoms with E-state index in [4.69, 9.17) is 27.9 Å². The van der Waals surface area contributed by atoms with Gasteiger partial charge in [0.1, 0.15) is 11.8 Å². The normalized spacial score (nSPS) is 11.7. The molecule has 0 bridgehead atoms. The van der Waals surface area contributed by atoms with Crippen LogP contribution < -0.4 is 4.74 Å². The monoisotopic (exact) mass is 309 g/mol. The minimum absolute atomic E-state index is 0.337. The van der Waals surface area contributed by atoms with E-state index in [0.29, 0.717) is 26.9 Å². The fourth-order valence-electron chi connectivity index (χ4n) is 1.62. The van der Waals surface area contributed by atoms with Gasteiger partial charge >= 0.3 is 0 Å². The van der Waals surface area contributed by atoms with Gasteiger partial charge in [0, 0.05) is 15.5 Å². The van der Waals surface area contributed by atoms with Gasteiger partial charge in [0.15, 0.2) is 0 Å². The van der Waals surface area contributed by atoms with Gasteiger partial charge in [0.05, 0.1) is 17.7 Å². The van der Waals surface area contributed by atoms with Crippen LogP contribution in [-0.2, 0) is 0 Å². The number of allylic oxidation sites excluding steroid dienone is 1. The molecule has 2 rings (SSSR count). The second kappa shape index (κ2) is 6.12. The Morgan fingerprint density at radius 2 is 2.16 bits per heavy atom. The maximum absolute atomic E-state index is 9.30. The second-order valence-electron chi connectivity index (χ2n) is 3.62. The SMILES string of the molecule is COc1ccc(Cl)cc1C(Cl)=C(C#N)c1cccs1. The summed E-state index contributed by atoms with van der Waals surface area (Å²) in [5, 5.41) is 12.1. The van der Waals surface area contributed by atoms with E-state index in [0.717, 1.165) is 4.88 Å². The van der Waals surface area contributed by atoms with E-state index in [-0.39, 0.29) is 0 Å². The van der Waals surface area contributed by atoms with Crippen LogP contribution in [0.3, 0.4) is 0 Å². The quantitative estimate of drug-likeness (QED) is 0.744. The summed E-state index contributed by atoms with van der Waals surface area (Å²) >= 11 is 13.8. The topological polar surface area (TPSA) is 33.0 Å². The van der Waals surface area contributed by atoms with Crippen LogP contribution in [0.2, 0.25) is 5.02 Å². The fraction of sp³-hybridized carbons (Fsp3) is 0.0714. The van der Waals surface area contributed by atoms with Crippen LogP contribution in [0.1, 0.15) is 10.4 Å². The highest BCUT2D eigenvalue weighted by Crippen LogP contribution is 2.37. The average molecular weight is 310 g/mol. The summed E-state index contributed by atoms with van der Waals surface area (Å²) in [6.07, 6.45) is 0. The third-order valence-electron chi connectivity index (χ3n) is 2.50. The van der Waals surface area contributed by atoms with Gasteiger partial charge in [-0.25, -0.2) is 0 Å². The first-order chi connectivity index (χ1) is 9.17. The molecule has 0 saturated heterocycles. The van der Waals surface area contributed by atoms with Gasteiger partial charge in [-0.05, 0) is 29.6 Å². The van der Waals surface area contributed by atoms with Crippen molar-refractivity contribution in [3.05, 3.63) is 51.2 Å². The largest absolute Gasteiger partial charge is 0.496 e. The minimum Gasteiger partial charge on any atom is -0.496 e. The smallest absolute Gasteiger partial charge is 0.127 e. The molecule has 1 aromatic carbocycles. The number of benzene rings is 1. The fourth-order valence-corrected chi connectivity index (χ4v) is 2.87. The van der Waals surface area contributed by atoms with Crippen LogP contribution >= 0.6 is 34.5 Å². The summed E-state index contributed by atoms with van der Waals surface area (Å²) in [7, 11) is 1.55. The molecule has 2 aromatic rings. The molecule has 96 valence electrons. The minimum atomic E-state index is 0.337. The predicted molar refractivity (Wildman–Crippen MR) is 80.6 cm³/mol. The zero-order valence-corrected chi connectivity index (χ0v) is 12.3. The average Bonchev–Trinajstić information content (AvgIpc) is 2.93. The molecule has 5 heteroatoms. The van der Waals surface area contributed by atoms with E-state index in [2.05, 4.69) is 6.07 Å². The molecule has 2 nitrogen and oxygen atoms in total. The molecule has 0 spiro atoms. The molecule has 0 N–H and O–H groups in total. The number of hydrogen-bond donors (Lipinski definition) is 0. The van der Waals surface area contributed by atoms with E-state index in [1.54, 1.807) is 25.3 Å². The highest BCUT2D eigenvalue weighted by molar-refractivity contribution is 7.11. The lowest BCUT2D eigenvalue weighted by Crippen LogP contribution is -1.91. The van der Waals surface area contributed by atoms with Crippen molar-refractivity contribution < 1.29 is 4.74 Å². The first kappa shape index (κ1) is 14.0. The Bertz CT molecular complexity index is 657. The highest BCUT2D eigenvalue weighted by atomic mass is 35.5. The van der Waals surface area contributed by atoms with Crippen molar-refractivity contribution in [3.63, 3.8) is 0 Å². The number of thiophene rings is 1. The molecule has 1 aromatic heterocycles. The van der Waals surface area contributed by atoms with Gasteiger partial charge in [-0.1, -0.05) is 29.3 Å². The molecule has 0 aliphatic heterocycles. The first-order valence-electron chi connectivity index (χ1n) is 5.35. The Balaban J connectivity index is 2.63. The molecule has 0 amide bonds. The predicted octanol–water partition coefficient (Wildman–Crippen LogP) is 5.04. The van der Waals surface area contributed by atoms with Crippen molar-refractivity contribution >= 4 is 45.1 Å². The van der Waals surface area contributed by atoms with Crippen LogP contribution in [0.15, 0.2) is 35.7 Å². The third-order valence-corrected chi connectivity index (χ3v) is 4.01. The van der Waals surface area contributed by atoms with Gasteiger partial charge in [0.25, 0.3) is 0 Å². The van der Waals surface area contributed by atoms with Crippen LogP contribution in [0.5, 0.6) is 5.75 Å². The van der Waals surface area contributed by atoms with Crippen LogP contribution in [0.25, 0.3) is 10.6 Å². The zero-order chi connectivity index (χ0) is 13.8. The number of nitrogens with zero attached hydrogens (tertiary/aromatic N) is 1. The Kier molecular flexibility index (Phi) is 4.49. The van der Waals surface area contributed by atoms with Crippen molar-refractivity contribution in [1.82, 2.24) is 0 Å². The molecule has 0 aliphatic carbocycles. The van der Waals surface area contributed by atoms with E-state index in [9.17, 15) is 5.26 Å². The number of ether oxygens (including phenoxy) is 1. The molecule has 0 fully saturated rings. The van der Waals surface area contributed by atoms with Gasteiger partial charge in [-0.3, -0.25) is 0 Å². The number of rotatable bonds is 3. The van der Waals surface area contributed by atoms with Gasteiger partial charge in [-0.15, -0.1) is 11.3 Å². The summed E-state index contributed by atoms with van der Waals surface area (Å²) in [5.74, 6) is 0.582. The Morgan fingerprint density at radius 1 is 1.37 bits per heavy atom. The highest BCUT2D eigenvalue weighted by Gasteiger charge is 2.14. The number of hydrogen-bond acceptors (Lipinski definition) is 3. The molecule has 19 heavy (non-hydrogen) atoms. The molecule has 0 aliphatic rings. The number of halogens is 2. The van der Waals surface area contributed by atoms with E-state index < -0.39 is 0 Å². The van der Waals surface area contributed by atoms with Crippen LogP contribution in [-0.4, -0.2) is 7.11 Å². The molecule has 0 saturated carbocycles. The Morgan fingerprint density at radius 3 is 2.74 bits per heavy atom. The van der Waals surface area contributed by atoms with Gasteiger partial charge in [0.2, 0.25) is 0 Å². The Labute approximate surface area is 125 Å². The van der Waals surface area contributed by atoms with E-state index in [1.165, 1.54) is 11.3 Å². The van der Waals surface area contributed by atoms with Crippen molar-refractivity contribution in [1.29, 1.82) is 5.26 Å². The summed E-state index contributed by atoms with van der Waals surface area (Å²) < 4.78 is 5.25. The number of nitriles is 1. The van der Waals surface area contributed by atoms with Crippen molar-refractivity contribution in [2.45, 2.75) is 0 Å². The first-order valence-corrected chi connectivity index (χ1v) is 6.98. The second-order valence-corrected chi connectivity index (χ2v) is 5.38. The lowest BCUT2D eigenvalue weighted by atomic mass is 10.1. The molecule has 0 unspecified atom stereocenters. The van der Waals surface area contributed by atoms with Gasteiger partial charge in [-0.2, -0.15) is 5.26 Å². The lowest BCUT2D eigenvalue weighted by Gasteiger charge is -2.09. The van der Waals surface area contributed by atoms with Crippen LogP contribution in [0, 0.1) is 11.3 Å². The maximum atomic E-state index is 9.30.